The molecule has 0 aromatic carbocycles. The Kier molecular flexibility index (Phi) is 2.25. The van der Waals surface area contributed by atoms with E-state index >= 15 is 0 Å². The van der Waals surface area contributed by atoms with E-state index in [4.69, 9.17) is 4.74 Å². The Morgan fingerprint density at radius 2 is 2.18 bits per heavy atom. The van der Waals surface area contributed by atoms with E-state index in [0.717, 1.165) is 0 Å². The second kappa shape index (κ2) is 3.18. The molecule has 0 unspecified atom stereocenters. The third kappa shape index (κ3) is 2.07. The first kappa shape index (κ1) is 7.78. The molecule has 0 aliphatic carbocycles. The lowest BCUT2D eigenvalue weighted by Crippen LogP contribution is -2.17. The molecule has 0 fully saturated rings. The molecule has 0 saturated carbocycles. The van der Waals surface area contributed by atoms with Crippen LogP contribution in [0.5, 0.6) is 0 Å². The fourth-order valence-electron chi connectivity index (χ4n) is 0.609. The zero-order valence-electron chi connectivity index (χ0n) is 6.12. The topological polar surface area (TPSA) is 52.6 Å². The van der Waals surface area contributed by atoms with Crippen LogP contribution in [0.1, 0.15) is 13.3 Å². The minimum absolute atomic E-state index is 0.121. The predicted octanol–water partition coefficient (Wildman–Crippen LogP) is 0.380. The smallest absolute Gasteiger partial charge is 0.344 e. The lowest BCUT2D eigenvalue weighted by Gasteiger charge is -2.07. The van der Waals surface area contributed by atoms with E-state index in [1.54, 1.807) is 0 Å². The van der Waals surface area contributed by atoms with Crippen LogP contribution in [0.2, 0.25) is 0 Å². The first-order chi connectivity index (χ1) is 5.20. The number of hydrogen-bond donors (Lipinski definition) is 0. The van der Waals surface area contributed by atoms with Crippen LogP contribution in [0.15, 0.2) is 11.8 Å². The van der Waals surface area contributed by atoms with Gasteiger partial charge in [-0.2, -0.15) is 0 Å². The molecule has 0 saturated heterocycles. The second-order valence-electron chi connectivity index (χ2n) is 2.18. The zero-order chi connectivity index (χ0) is 8.27. The van der Waals surface area contributed by atoms with Crippen LogP contribution in [0.4, 0.5) is 0 Å². The first-order valence-corrected chi connectivity index (χ1v) is 3.23. The molecule has 4 heteroatoms. The molecule has 1 rings (SSSR count). The number of rotatable bonds is 0. The van der Waals surface area contributed by atoms with Gasteiger partial charge in [0, 0.05) is 0 Å². The summed E-state index contributed by atoms with van der Waals surface area (Å²) in [6.07, 6.45) is 1.42. The highest BCUT2D eigenvalue weighted by Gasteiger charge is 2.14. The molecule has 0 amide bonds. The van der Waals surface area contributed by atoms with Gasteiger partial charge in [0.25, 0.3) is 0 Å². The third-order valence-corrected chi connectivity index (χ3v) is 1.21. The average molecular weight is 156 g/mol. The SMILES string of the molecule is C/C1=C/OCCC(=O)OC1=O. The molecule has 1 heterocycles. The van der Waals surface area contributed by atoms with E-state index in [0.29, 0.717) is 5.57 Å². The van der Waals surface area contributed by atoms with Crippen LogP contribution in [0, 0.1) is 0 Å². The summed E-state index contributed by atoms with van der Waals surface area (Å²) in [7, 11) is 0. The van der Waals surface area contributed by atoms with E-state index < -0.39 is 11.9 Å². The summed E-state index contributed by atoms with van der Waals surface area (Å²) in [5.74, 6) is -1.17. The molecule has 0 radical (unpaired) electrons. The van der Waals surface area contributed by atoms with Gasteiger partial charge < -0.3 is 9.47 Å². The van der Waals surface area contributed by atoms with Gasteiger partial charge in [-0.05, 0) is 6.92 Å². The van der Waals surface area contributed by atoms with Crippen molar-refractivity contribution in [2.45, 2.75) is 13.3 Å². The van der Waals surface area contributed by atoms with Gasteiger partial charge in [0.05, 0.1) is 24.9 Å². The fourth-order valence-corrected chi connectivity index (χ4v) is 0.609. The number of esters is 2. The molecule has 1 aliphatic rings. The summed E-state index contributed by atoms with van der Waals surface area (Å²) >= 11 is 0. The molecule has 0 bridgehead atoms. The number of hydrogen-bond acceptors (Lipinski definition) is 4. The highest BCUT2D eigenvalue weighted by molar-refractivity contribution is 5.95. The zero-order valence-corrected chi connectivity index (χ0v) is 6.12. The van der Waals surface area contributed by atoms with Gasteiger partial charge in [-0.25, -0.2) is 4.79 Å². The summed E-state index contributed by atoms with van der Waals surface area (Å²) in [6.45, 7) is 1.80. The molecule has 1 aliphatic heterocycles. The lowest BCUT2D eigenvalue weighted by atomic mass is 10.3. The quantitative estimate of drug-likeness (QED) is 0.376. The van der Waals surface area contributed by atoms with Gasteiger partial charge in [0.2, 0.25) is 0 Å². The monoisotopic (exact) mass is 156 g/mol. The van der Waals surface area contributed by atoms with Crippen molar-refractivity contribution in [3.8, 4) is 0 Å². The highest BCUT2D eigenvalue weighted by Crippen LogP contribution is 2.03. The molecule has 0 atom stereocenters. The van der Waals surface area contributed by atoms with Crippen LogP contribution in [0.3, 0.4) is 0 Å². The Hall–Kier alpha value is -1.32. The summed E-state index contributed by atoms with van der Waals surface area (Å²) < 4.78 is 9.22. The highest BCUT2D eigenvalue weighted by atomic mass is 16.6. The van der Waals surface area contributed by atoms with Crippen LogP contribution in [0.25, 0.3) is 0 Å². The Morgan fingerprint density at radius 3 is 2.91 bits per heavy atom. The van der Waals surface area contributed by atoms with Gasteiger partial charge in [-0.3, -0.25) is 4.79 Å². The largest absolute Gasteiger partial charge is 0.500 e. The van der Waals surface area contributed by atoms with Gasteiger partial charge >= 0.3 is 11.9 Å². The Balaban J connectivity index is 2.70. The van der Waals surface area contributed by atoms with E-state index in [2.05, 4.69) is 4.74 Å². The summed E-state index contributed by atoms with van der Waals surface area (Å²) in [6, 6.07) is 0. The van der Waals surface area contributed by atoms with Crippen molar-refractivity contribution in [1.29, 1.82) is 0 Å². The molecule has 11 heavy (non-hydrogen) atoms. The third-order valence-electron chi connectivity index (χ3n) is 1.21. The molecule has 0 aromatic heterocycles. The molecular formula is C7H8O4. The molecule has 0 aromatic rings. The number of carbonyl (C=O) groups excluding carboxylic acids is 2. The summed E-state index contributed by atoms with van der Waals surface area (Å²) in [5, 5.41) is 0. The second-order valence-corrected chi connectivity index (χ2v) is 2.18. The molecule has 4 nitrogen and oxygen atoms in total. The number of cyclic esters (lactones) is 2. The minimum Gasteiger partial charge on any atom is -0.500 e. The van der Waals surface area contributed by atoms with Crippen molar-refractivity contribution in [1.82, 2.24) is 0 Å². The Labute approximate surface area is 63.8 Å². The predicted molar refractivity (Wildman–Crippen MR) is 35.4 cm³/mol. The van der Waals surface area contributed by atoms with Crippen molar-refractivity contribution in [2.75, 3.05) is 6.61 Å². The van der Waals surface area contributed by atoms with Crippen LogP contribution >= 0.6 is 0 Å². The van der Waals surface area contributed by atoms with Gasteiger partial charge in [-0.15, -0.1) is 0 Å². The van der Waals surface area contributed by atoms with Crippen LogP contribution in [-0.2, 0) is 19.1 Å². The van der Waals surface area contributed by atoms with Crippen molar-refractivity contribution < 1.29 is 19.1 Å². The fraction of sp³-hybridized carbons (Fsp3) is 0.429. The summed E-state index contributed by atoms with van der Waals surface area (Å²) in [5.41, 5.74) is 0.304. The Morgan fingerprint density at radius 1 is 1.45 bits per heavy atom. The number of carbonyl (C=O) groups is 2. The number of ether oxygens (including phenoxy) is 2. The van der Waals surface area contributed by atoms with E-state index in [-0.39, 0.29) is 13.0 Å². The van der Waals surface area contributed by atoms with E-state index in [9.17, 15) is 9.59 Å². The van der Waals surface area contributed by atoms with E-state index in [1.165, 1.54) is 13.2 Å². The maximum Gasteiger partial charge on any atom is 0.344 e. The average Bonchev–Trinajstić information content (AvgIpc) is 1.95. The van der Waals surface area contributed by atoms with E-state index in [1.807, 2.05) is 0 Å². The lowest BCUT2D eigenvalue weighted by molar-refractivity contribution is -0.158. The van der Waals surface area contributed by atoms with Crippen LogP contribution in [-0.4, -0.2) is 18.5 Å². The van der Waals surface area contributed by atoms with Gasteiger partial charge in [-0.1, -0.05) is 0 Å². The van der Waals surface area contributed by atoms with Crippen molar-refractivity contribution in [2.24, 2.45) is 0 Å². The normalized spacial score (nSPS) is 23.9. The standard InChI is InChI=1S/C7H8O4/c1-5-4-10-3-2-6(8)11-7(5)9/h4H,2-3H2,1H3/b5-4-. The minimum atomic E-state index is -0.630. The summed E-state index contributed by atoms with van der Waals surface area (Å²) in [4.78, 5) is 21.4. The van der Waals surface area contributed by atoms with Crippen LogP contribution < -0.4 is 0 Å². The van der Waals surface area contributed by atoms with Gasteiger partial charge in [0.1, 0.15) is 0 Å². The Bertz CT molecular complexity index is 216. The molecule has 60 valence electrons. The first-order valence-electron chi connectivity index (χ1n) is 3.23. The van der Waals surface area contributed by atoms with Crippen molar-refractivity contribution in [3.63, 3.8) is 0 Å². The van der Waals surface area contributed by atoms with Gasteiger partial charge in [0.15, 0.2) is 0 Å². The molecule has 0 spiro atoms. The molecule has 0 N–H and O–H groups in total. The maximum absolute atomic E-state index is 10.8. The van der Waals surface area contributed by atoms with Crippen molar-refractivity contribution >= 4 is 11.9 Å². The molecular weight excluding hydrogens is 148 g/mol. The van der Waals surface area contributed by atoms with Crippen molar-refractivity contribution in [3.05, 3.63) is 11.8 Å². The maximum atomic E-state index is 10.8.